The second-order valence-corrected chi connectivity index (χ2v) is 5.88. The van der Waals surface area contributed by atoms with Gasteiger partial charge in [0.1, 0.15) is 0 Å². The van der Waals surface area contributed by atoms with Crippen LogP contribution in [0.2, 0.25) is 0 Å². The number of nitrogens with two attached hydrogens (primary N) is 1. The van der Waals surface area contributed by atoms with Crippen molar-refractivity contribution in [1.29, 1.82) is 0 Å². The molecule has 0 saturated carbocycles. The molecule has 0 aliphatic heterocycles. The van der Waals surface area contributed by atoms with Crippen LogP contribution >= 0.6 is 43.2 Å². The van der Waals surface area contributed by atoms with Crippen LogP contribution in [0.15, 0.2) is 38.7 Å². The number of aromatic nitrogens is 1. The predicted molar refractivity (Wildman–Crippen MR) is 73.1 cm³/mol. The molecule has 0 bridgehead atoms. The lowest BCUT2D eigenvalue weighted by Gasteiger charge is -2.15. The molecule has 0 saturated heterocycles. The molecule has 2 heterocycles. The third-order valence-corrected chi connectivity index (χ3v) is 4.11. The maximum atomic E-state index is 5.59. The van der Waals surface area contributed by atoms with Gasteiger partial charge >= 0.3 is 0 Å². The molecule has 16 heavy (non-hydrogen) atoms. The molecule has 3 N–H and O–H groups in total. The van der Waals surface area contributed by atoms with Gasteiger partial charge in [-0.2, -0.15) is 0 Å². The van der Waals surface area contributed by atoms with Crippen LogP contribution in [-0.4, -0.2) is 4.98 Å². The van der Waals surface area contributed by atoms with Crippen LogP contribution in [0.3, 0.4) is 0 Å². The molecule has 2 aromatic rings. The van der Waals surface area contributed by atoms with E-state index < -0.39 is 0 Å². The average molecular weight is 363 g/mol. The molecular weight excluding hydrogens is 354 g/mol. The Balaban J connectivity index is 2.41. The van der Waals surface area contributed by atoms with Crippen molar-refractivity contribution in [3.63, 3.8) is 0 Å². The van der Waals surface area contributed by atoms with E-state index in [1.165, 1.54) is 0 Å². The fourth-order valence-corrected chi connectivity index (χ4v) is 3.39. The van der Waals surface area contributed by atoms with Crippen molar-refractivity contribution in [1.82, 2.24) is 10.4 Å². The van der Waals surface area contributed by atoms with Crippen LogP contribution in [-0.2, 0) is 0 Å². The van der Waals surface area contributed by atoms with Gasteiger partial charge < -0.3 is 0 Å². The monoisotopic (exact) mass is 361 g/mol. The summed E-state index contributed by atoms with van der Waals surface area (Å²) in [6, 6.07) is 5.91. The summed E-state index contributed by atoms with van der Waals surface area (Å²) < 4.78 is 1.86. The van der Waals surface area contributed by atoms with E-state index in [0.29, 0.717) is 0 Å². The minimum Gasteiger partial charge on any atom is -0.270 e. The molecule has 84 valence electrons. The van der Waals surface area contributed by atoms with Crippen LogP contribution in [0.1, 0.15) is 16.6 Å². The van der Waals surface area contributed by atoms with Gasteiger partial charge in [0.25, 0.3) is 0 Å². The van der Waals surface area contributed by atoms with Gasteiger partial charge in [-0.1, -0.05) is 6.07 Å². The van der Waals surface area contributed by atoms with E-state index in [0.717, 1.165) is 19.5 Å². The minimum absolute atomic E-state index is 0.0810. The van der Waals surface area contributed by atoms with Crippen LogP contribution in [0.25, 0.3) is 0 Å². The Hall–Kier alpha value is -0.270. The maximum Gasteiger partial charge on any atom is 0.0984 e. The quantitative estimate of drug-likeness (QED) is 0.651. The van der Waals surface area contributed by atoms with E-state index >= 15 is 0 Å². The van der Waals surface area contributed by atoms with Gasteiger partial charge in [-0.15, -0.1) is 11.3 Å². The zero-order valence-electron chi connectivity index (χ0n) is 8.15. The fraction of sp³-hybridized carbons (Fsp3) is 0.100. The molecule has 2 rings (SSSR count). The van der Waals surface area contributed by atoms with Crippen molar-refractivity contribution in [3.8, 4) is 0 Å². The van der Waals surface area contributed by atoms with Crippen molar-refractivity contribution >= 4 is 43.2 Å². The van der Waals surface area contributed by atoms with Crippen LogP contribution in [0.4, 0.5) is 0 Å². The SMILES string of the molecule is NNC(c1cccs1)c1ncc(Br)cc1Br. The zero-order chi connectivity index (χ0) is 11.5. The Bertz CT molecular complexity index is 473. The van der Waals surface area contributed by atoms with Gasteiger partial charge in [-0.3, -0.25) is 10.8 Å². The Morgan fingerprint density at radius 3 is 2.81 bits per heavy atom. The number of hydrazine groups is 1. The van der Waals surface area contributed by atoms with Crippen molar-refractivity contribution in [2.24, 2.45) is 5.84 Å². The van der Waals surface area contributed by atoms with E-state index in [4.69, 9.17) is 5.84 Å². The van der Waals surface area contributed by atoms with Crippen LogP contribution in [0, 0.1) is 0 Å². The smallest absolute Gasteiger partial charge is 0.0984 e. The summed E-state index contributed by atoms with van der Waals surface area (Å²) in [5, 5.41) is 2.02. The topological polar surface area (TPSA) is 50.9 Å². The van der Waals surface area contributed by atoms with Crippen LogP contribution in [0.5, 0.6) is 0 Å². The van der Waals surface area contributed by atoms with E-state index in [1.807, 2.05) is 23.6 Å². The summed E-state index contributed by atoms with van der Waals surface area (Å²) in [6.45, 7) is 0. The molecule has 1 unspecified atom stereocenters. The van der Waals surface area contributed by atoms with E-state index in [1.54, 1.807) is 17.5 Å². The molecule has 1 atom stereocenters. The Morgan fingerprint density at radius 1 is 1.44 bits per heavy atom. The van der Waals surface area contributed by atoms with Gasteiger partial charge in [0.2, 0.25) is 0 Å². The molecule has 3 nitrogen and oxygen atoms in total. The van der Waals surface area contributed by atoms with Crippen molar-refractivity contribution in [2.75, 3.05) is 0 Å². The number of rotatable bonds is 3. The zero-order valence-corrected chi connectivity index (χ0v) is 12.1. The average Bonchev–Trinajstić information content (AvgIpc) is 2.75. The lowest BCUT2D eigenvalue weighted by Crippen LogP contribution is -2.29. The van der Waals surface area contributed by atoms with Crippen LogP contribution < -0.4 is 11.3 Å². The number of hydrogen-bond donors (Lipinski definition) is 2. The highest BCUT2D eigenvalue weighted by Crippen LogP contribution is 2.30. The summed E-state index contributed by atoms with van der Waals surface area (Å²) in [5.74, 6) is 5.59. The number of nitrogens with one attached hydrogen (secondary N) is 1. The second kappa shape index (κ2) is 5.37. The molecule has 0 spiro atoms. The molecule has 0 aliphatic carbocycles. The molecule has 0 radical (unpaired) electrons. The number of nitrogens with zero attached hydrogens (tertiary/aromatic N) is 1. The molecular formula is C10H9Br2N3S. The number of pyridine rings is 1. The minimum atomic E-state index is -0.0810. The van der Waals surface area contributed by atoms with Gasteiger partial charge in [0.15, 0.2) is 0 Å². The fourth-order valence-electron chi connectivity index (χ4n) is 1.39. The molecule has 0 aromatic carbocycles. The normalized spacial score (nSPS) is 12.7. The first-order valence-corrected chi connectivity index (χ1v) is 6.99. The maximum absolute atomic E-state index is 5.59. The Morgan fingerprint density at radius 2 is 2.25 bits per heavy atom. The molecule has 0 fully saturated rings. The Labute approximate surface area is 114 Å². The third kappa shape index (κ3) is 2.52. The largest absolute Gasteiger partial charge is 0.270 e. The molecule has 2 aromatic heterocycles. The summed E-state index contributed by atoms with van der Waals surface area (Å²) in [6.07, 6.45) is 1.76. The van der Waals surface area contributed by atoms with Gasteiger partial charge in [0, 0.05) is 20.0 Å². The summed E-state index contributed by atoms with van der Waals surface area (Å²) in [4.78, 5) is 5.51. The van der Waals surface area contributed by atoms with Gasteiger partial charge in [-0.25, -0.2) is 5.43 Å². The highest BCUT2D eigenvalue weighted by atomic mass is 79.9. The molecule has 0 amide bonds. The number of halogens is 2. The van der Waals surface area contributed by atoms with Crippen molar-refractivity contribution < 1.29 is 0 Å². The predicted octanol–water partition coefficient (Wildman–Crippen LogP) is 3.22. The van der Waals surface area contributed by atoms with E-state index in [9.17, 15) is 0 Å². The second-order valence-electron chi connectivity index (χ2n) is 3.14. The standard InChI is InChI=1S/C10H9Br2N3S/c11-6-4-7(12)9(14-5-6)10(15-13)8-2-1-3-16-8/h1-5,10,15H,13H2. The summed E-state index contributed by atoms with van der Waals surface area (Å²) in [7, 11) is 0. The molecule has 0 aliphatic rings. The highest BCUT2D eigenvalue weighted by Gasteiger charge is 2.17. The van der Waals surface area contributed by atoms with Gasteiger partial charge in [-0.05, 0) is 49.4 Å². The lowest BCUT2D eigenvalue weighted by atomic mass is 10.1. The van der Waals surface area contributed by atoms with Crippen molar-refractivity contribution in [2.45, 2.75) is 6.04 Å². The summed E-state index contributed by atoms with van der Waals surface area (Å²) in [5.41, 5.74) is 3.67. The Kier molecular flexibility index (Phi) is 4.10. The first-order valence-electron chi connectivity index (χ1n) is 4.53. The third-order valence-electron chi connectivity index (χ3n) is 2.10. The first kappa shape index (κ1) is 12.2. The first-order chi connectivity index (χ1) is 7.72. The number of hydrogen-bond acceptors (Lipinski definition) is 4. The van der Waals surface area contributed by atoms with E-state index in [-0.39, 0.29) is 6.04 Å². The number of thiophene rings is 1. The van der Waals surface area contributed by atoms with E-state index in [2.05, 4.69) is 42.3 Å². The molecule has 6 heteroatoms. The van der Waals surface area contributed by atoms with Gasteiger partial charge in [0.05, 0.1) is 11.7 Å². The summed E-state index contributed by atoms with van der Waals surface area (Å²) >= 11 is 8.51. The highest BCUT2D eigenvalue weighted by molar-refractivity contribution is 9.11. The lowest BCUT2D eigenvalue weighted by molar-refractivity contribution is 0.627. The van der Waals surface area contributed by atoms with Crippen molar-refractivity contribution in [3.05, 3.63) is 49.3 Å².